The Hall–Kier alpha value is -1.48. The summed E-state index contributed by atoms with van der Waals surface area (Å²) in [4.78, 5) is 0. The van der Waals surface area contributed by atoms with Crippen LogP contribution in [0.5, 0.6) is 0 Å². The maximum Gasteiger partial charge on any atom is 0.134 e. The molecule has 0 aliphatic carbocycles. The Morgan fingerprint density at radius 2 is 1.86 bits per heavy atom. The standard InChI is InChI=1S/C17H14Cl2O2/c1-10-2-5-16-12(6-10)9-17(21-16)15(20)8-11-3-4-13(18)14(19)7-11/h2-7,9,15,20H,8H2,1H3. The van der Waals surface area contributed by atoms with Gasteiger partial charge < -0.3 is 9.52 Å². The third kappa shape index (κ3) is 3.08. The number of hydrogen-bond donors (Lipinski definition) is 1. The maximum absolute atomic E-state index is 10.3. The Morgan fingerprint density at radius 1 is 1.05 bits per heavy atom. The minimum Gasteiger partial charge on any atom is -0.458 e. The highest BCUT2D eigenvalue weighted by Gasteiger charge is 2.15. The number of hydrogen-bond acceptors (Lipinski definition) is 2. The van der Waals surface area contributed by atoms with Gasteiger partial charge in [0.15, 0.2) is 0 Å². The zero-order chi connectivity index (χ0) is 15.0. The van der Waals surface area contributed by atoms with Crippen molar-refractivity contribution in [2.75, 3.05) is 0 Å². The van der Waals surface area contributed by atoms with Crippen molar-refractivity contribution in [1.29, 1.82) is 0 Å². The average molecular weight is 321 g/mol. The summed E-state index contributed by atoms with van der Waals surface area (Å²) in [5.74, 6) is 0.557. The second-order valence-corrected chi connectivity index (χ2v) is 5.97. The third-order valence-corrected chi connectivity index (χ3v) is 4.17. The molecule has 0 aliphatic rings. The minimum absolute atomic E-state index is 0.426. The fourth-order valence-corrected chi connectivity index (χ4v) is 2.66. The molecule has 1 N–H and O–H groups in total. The molecule has 21 heavy (non-hydrogen) atoms. The molecule has 1 atom stereocenters. The van der Waals surface area contributed by atoms with Crippen LogP contribution < -0.4 is 0 Å². The second kappa shape index (κ2) is 5.72. The molecular formula is C17H14Cl2O2. The number of rotatable bonds is 3. The predicted octanol–water partition coefficient (Wildman–Crippen LogP) is 5.32. The van der Waals surface area contributed by atoms with Gasteiger partial charge in [-0.1, -0.05) is 40.9 Å². The number of fused-ring (bicyclic) bond motifs is 1. The first-order valence-corrected chi connectivity index (χ1v) is 7.40. The molecule has 1 unspecified atom stereocenters. The molecule has 1 aromatic heterocycles. The topological polar surface area (TPSA) is 33.4 Å². The molecule has 0 aliphatic heterocycles. The monoisotopic (exact) mass is 320 g/mol. The van der Waals surface area contributed by atoms with Crippen molar-refractivity contribution in [1.82, 2.24) is 0 Å². The first-order chi connectivity index (χ1) is 10.0. The van der Waals surface area contributed by atoms with Gasteiger partial charge in [-0.2, -0.15) is 0 Å². The minimum atomic E-state index is -0.713. The van der Waals surface area contributed by atoms with Crippen molar-refractivity contribution in [3.05, 3.63) is 69.4 Å². The summed E-state index contributed by atoms with van der Waals surface area (Å²) in [7, 11) is 0. The Labute approximate surface area is 132 Å². The lowest BCUT2D eigenvalue weighted by Crippen LogP contribution is -2.00. The van der Waals surface area contributed by atoms with Crippen LogP contribution in [0.4, 0.5) is 0 Å². The van der Waals surface area contributed by atoms with Crippen LogP contribution in [0, 0.1) is 6.92 Å². The Kier molecular flexibility index (Phi) is 3.94. The van der Waals surface area contributed by atoms with Crippen molar-refractivity contribution < 1.29 is 9.52 Å². The summed E-state index contributed by atoms with van der Waals surface area (Å²) in [6, 6.07) is 13.2. The van der Waals surface area contributed by atoms with E-state index in [-0.39, 0.29) is 0 Å². The fourth-order valence-electron chi connectivity index (χ4n) is 2.34. The van der Waals surface area contributed by atoms with E-state index in [2.05, 4.69) is 0 Å². The van der Waals surface area contributed by atoms with E-state index in [0.717, 1.165) is 22.1 Å². The van der Waals surface area contributed by atoms with Gasteiger partial charge in [0.1, 0.15) is 17.4 Å². The molecule has 108 valence electrons. The highest BCUT2D eigenvalue weighted by Crippen LogP contribution is 2.29. The number of aryl methyl sites for hydroxylation is 1. The van der Waals surface area contributed by atoms with Crippen LogP contribution >= 0.6 is 23.2 Å². The average Bonchev–Trinajstić information content (AvgIpc) is 2.86. The van der Waals surface area contributed by atoms with E-state index in [1.165, 1.54) is 0 Å². The van der Waals surface area contributed by atoms with Gasteiger partial charge in [0, 0.05) is 11.8 Å². The van der Waals surface area contributed by atoms with Crippen molar-refractivity contribution in [3.63, 3.8) is 0 Å². The van der Waals surface area contributed by atoms with Crippen molar-refractivity contribution in [3.8, 4) is 0 Å². The smallest absolute Gasteiger partial charge is 0.134 e. The van der Waals surface area contributed by atoms with Crippen LogP contribution in [0.3, 0.4) is 0 Å². The lowest BCUT2D eigenvalue weighted by atomic mass is 10.1. The van der Waals surface area contributed by atoms with E-state index in [4.69, 9.17) is 27.6 Å². The van der Waals surface area contributed by atoms with Crippen molar-refractivity contribution >= 4 is 34.2 Å². The summed E-state index contributed by atoms with van der Waals surface area (Å²) in [5, 5.41) is 12.3. The predicted molar refractivity (Wildman–Crippen MR) is 86.1 cm³/mol. The SMILES string of the molecule is Cc1ccc2oc(C(O)Cc3ccc(Cl)c(Cl)c3)cc2c1. The molecule has 2 aromatic carbocycles. The maximum atomic E-state index is 10.3. The molecule has 0 fully saturated rings. The first-order valence-electron chi connectivity index (χ1n) is 6.65. The molecule has 3 rings (SSSR count). The summed E-state index contributed by atoms with van der Waals surface area (Å²) in [6.07, 6.45) is -0.287. The molecule has 0 amide bonds. The van der Waals surface area contributed by atoms with Crippen molar-refractivity contribution in [2.45, 2.75) is 19.4 Å². The van der Waals surface area contributed by atoms with Crippen molar-refractivity contribution in [2.24, 2.45) is 0 Å². The molecule has 3 aromatic rings. The summed E-state index contributed by atoms with van der Waals surface area (Å²) >= 11 is 11.9. The molecule has 1 heterocycles. The Balaban J connectivity index is 1.85. The van der Waals surface area contributed by atoms with Gasteiger partial charge in [-0.3, -0.25) is 0 Å². The number of aliphatic hydroxyl groups excluding tert-OH is 1. The van der Waals surface area contributed by atoms with Gasteiger partial charge in [-0.15, -0.1) is 0 Å². The van der Waals surface area contributed by atoms with E-state index in [1.54, 1.807) is 12.1 Å². The molecule has 2 nitrogen and oxygen atoms in total. The van der Waals surface area contributed by atoms with Gasteiger partial charge >= 0.3 is 0 Å². The van der Waals surface area contributed by atoms with Crippen LogP contribution in [0.2, 0.25) is 10.0 Å². The number of aliphatic hydroxyl groups is 1. The van der Waals surface area contributed by atoms with Gasteiger partial charge in [0.05, 0.1) is 10.0 Å². The van der Waals surface area contributed by atoms with E-state index < -0.39 is 6.10 Å². The summed E-state index contributed by atoms with van der Waals surface area (Å²) in [6.45, 7) is 2.03. The van der Waals surface area contributed by atoms with E-state index in [0.29, 0.717) is 22.2 Å². The normalized spacial score (nSPS) is 12.8. The molecule has 4 heteroatoms. The number of furan rings is 1. The fraction of sp³-hybridized carbons (Fsp3) is 0.176. The highest BCUT2D eigenvalue weighted by molar-refractivity contribution is 6.42. The largest absolute Gasteiger partial charge is 0.458 e. The molecule has 0 radical (unpaired) electrons. The van der Waals surface area contributed by atoms with Gasteiger partial charge in [-0.25, -0.2) is 0 Å². The Bertz CT molecular complexity index is 793. The highest BCUT2D eigenvalue weighted by atomic mass is 35.5. The number of halogens is 2. The van der Waals surface area contributed by atoms with Crippen LogP contribution in [0.15, 0.2) is 46.9 Å². The lowest BCUT2D eigenvalue weighted by molar-refractivity contribution is 0.152. The molecule has 0 saturated heterocycles. The zero-order valence-electron chi connectivity index (χ0n) is 11.4. The molecule has 0 bridgehead atoms. The van der Waals surface area contributed by atoms with E-state index in [9.17, 15) is 5.11 Å². The third-order valence-electron chi connectivity index (χ3n) is 3.43. The van der Waals surface area contributed by atoms with Crippen LogP contribution in [-0.4, -0.2) is 5.11 Å². The van der Waals surface area contributed by atoms with Gasteiger partial charge in [0.2, 0.25) is 0 Å². The molecule has 0 saturated carbocycles. The van der Waals surface area contributed by atoms with Crippen LogP contribution in [0.25, 0.3) is 11.0 Å². The summed E-state index contributed by atoms with van der Waals surface area (Å²) in [5.41, 5.74) is 2.85. The quantitative estimate of drug-likeness (QED) is 0.708. The first kappa shape index (κ1) is 14.5. The zero-order valence-corrected chi connectivity index (χ0v) is 12.9. The molecule has 0 spiro atoms. The lowest BCUT2D eigenvalue weighted by Gasteiger charge is -2.08. The van der Waals surface area contributed by atoms with Gasteiger partial charge in [-0.05, 0) is 42.8 Å². The van der Waals surface area contributed by atoms with E-state index >= 15 is 0 Å². The second-order valence-electron chi connectivity index (χ2n) is 5.16. The van der Waals surface area contributed by atoms with Crippen LogP contribution in [0.1, 0.15) is 23.0 Å². The summed E-state index contributed by atoms with van der Waals surface area (Å²) < 4.78 is 5.70. The van der Waals surface area contributed by atoms with Crippen LogP contribution in [-0.2, 0) is 6.42 Å². The van der Waals surface area contributed by atoms with E-state index in [1.807, 2.05) is 37.3 Å². The number of benzene rings is 2. The molecular weight excluding hydrogens is 307 g/mol. The van der Waals surface area contributed by atoms with Gasteiger partial charge in [0.25, 0.3) is 0 Å². The Morgan fingerprint density at radius 3 is 2.62 bits per heavy atom.